The minimum atomic E-state index is -0.876. The van der Waals surface area contributed by atoms with Crippen molar-refractivity contribution >= 4 is 11.5 Å². The summed E-state index contributed by atoms with van der Waals surface area (Å²) in [6.45, 7) is 3.57. The van der Waals surface area contributed by atoms with Crippen LogP contribution in [0.4, 0.5) is 14.5 Å². The molecule has 1 N–H and O–H groups in total. The standard InChI is InChI=1S/C17H17F2NO2/c1-10(2)11-8-9-13(18)15(16(11)19)17(21)12-6-4-5-7-14(12)20-22-3/h4-10,20H,1-3H3. The number of para-hydroxylation sites is 1. The molecule has 0 radical (unpaired) electrons. The highest BCUT2D eigenvalue weighted by molar-refractivity contribution is 6.12. The monoisotopic (exact) mass is 305 g/mol. The third-order valence-corrected chi connectivity index (χ3v) is 3.35. The number of halogens is 2. The molecule has 0 atom stereocenters. The van der Waals surface area contributed by atoms with E-state index in [0.29, 0.717) is 11.3 Å². The zero-order chi connectivity index (χ0) is 16.3. The van der Waals surface area contributed by atoms with E-state index in [1.165, 1.54) is 19.2 Å². The van der Waals surface area contributed by atoms with Crippen LogP contribution in [0.5, 0.6) is 0 Å². The van der Waals surface area contributed by atoms with Crippen LogP contribution in [0.1, 0.15) is 41.3 Å². The third-order valence-electron chi connectivity index (χ3n) is 3.35. The van der Waals surface area contributed by atoms with Gasteiger partial charge < -0.3 is 0 Å². The lowest BCUT2D eigenvalue weighted by atomic mass is 9.94. The summed E-state index contributed by atoms with van der Waals surface area (Å²) in [6, 6.07) is 8.89. The first-order chi connectivity index (χ1) is 10.5. The lowest BCUT2D eigenvalue weighted by Crippen LogP contribution is -2.12. The van der Waals surface area contributed by atoms with Crippen molar-refractivity contribution in [1.82, 2.24) is 0 Å². The number of carbonyl (C=O) groups excluding carboxylic acids is 1. The highest BCUT2D eigenvalue weighted by atomic mass is 19.1. The summed E-state index contributed by atoms with van der Waals surface area (Å²) >= 11 is 0. The van der Waals surface area contributed by atoms with Gasteiger partial charge in [-0.1, -0.05) is 32.0 Å². The van der Waals surface area contributed by atoms with Gasteiger partial charge >= 0.3 is 0 Å². The summed E-state index contributed by atoms with van der Waals surface area (Å²) in [6.07, 6.45) is 0. The minimum absolute atomic E-state index is 0.142. The largest absolute Gasteiger partial charge is 0.288 e. The maximum Gasteiger partial charge on any atom is 0.201 e. The molecule has 0 aliphatic carbocycles. The zero-order valence-corrected chi connectivity index (χ0v) is 12.6. The Morgan fingerprint density at radius 3 is 2.45 bits per heavy atom. The van der Waals surface area contributed by atoms with Crippen LogP contribution in [0.25, 0.3) is 0 Å². The number of ketones is 1. The fourth-order valence-electron chi connectivity index (χ4n) is 2.24. The van der Waals surface area contributed by atoms with E-state index in [-0.39, 0.29) is 11.5 Å². The van der Waals surface area contributed by atoms with Gasteiger partial charge in [0, 0.05) is 5.56 Å². The minimum Gasteiger partial charge on any atom is -0.288 e. The molecule has 0 unspecified atom stereocenters. The van der Waals surface area contributed by atoms with Crippen molar-refractivity contribution in [1.29, 1.82) is 0 Å². The number of carbonyl (C=O) groups is 1. The normalized spacial score (nSPS) is 10.8. The van der Waals surface area contributed by atoms with Gasteiger partial charge in [0.1, 0.15) is 11.6 Å². The van der Waals surface area contributed by atoms with Crippen LogP contribution in [-0.4, -0.2) is 12.9 Å². The third kappa shape index (κ3) is 2.99. The van der Waals surface area contributed by atoms with E-state index < -0.39 is 23.0 Å². The maximum absolute atomic E-state index is 14.5. The second kappa shape index (κ2) is 6.66. The van der Waals surface area contributed by atoms with E-state index in [4.69, 9.17) is 4.84 Å². The van der Waals surface area contributed by atoms with Crippen molar-refractivity contribution in [3.05, 3.63) is 64.7 Å². The van der Waals surface area contributed by atoms with Crippen molar-refractivity contribution in [2.24, 2.45) is 0 Å². The highest BCUT2D eigenvalue weighted by Gasteiger charge is 2.24. The Kier molecular flexibility index (Phi) is 4.88. The zero-order valence-electron chi connectivity index (χ0n) is 12.6. The molecule has 0 heterocycles. The Labute approximate surface area is 127 Å². The molecule has 0 aliphatic heterocycles. The van der Waals surface area contributed by atoms with E-state index in [2.05, 4.69) is 5.48 Å². The summed E-state index contributed by atoms with van der Waals surface area (Å²) in [4.78, 5) is 17.4. The molecule has 0 spiro atoms. The predicted octanol–water partition coefficient (Wildman–Crippen LogP) is 4.29. The number of anilines is 1. The van der Waals surface area contributed by atoms with Crippen LogP contribution in [0.15, 0.2) is 36.4 Å². The number of rotatable bonds is 5. The number of benzene rings is 2. The molecular formula is C17H17F2NO2. The number of nitrogens with one attached hydrogen (secondary N) is 1. The van der Waals surface area contributed by atoms with E-state index in [9.17, 15) is 13.6 Å². The summed E-state index contributed by atoms with van der Waals surface area (Å²) in [7, 11) is 1.39. The van der Waals surface area contributed by atoms with Crippen LogP contribution in [0.3, 0.4) is 0 Å². The first-order valence-electron chi connectivity index (χ1n) is 6.88. The van der Waals surface area contributed by atoms with Gasteiger partial charge in [-0.05, 0) is 29.7 Å². The molecule has 5 heteroatoms. The van der Waals surface area contributed by atoms with Gasteiger partial charge in [-0.2, -0.15) is 0 Å². The molecule has 116 valence electrons. The fraction of sp³-hybridized carbons (Fsp3) is 0.235. The average molecular weight is 305 g/mol. The molecule has 2 aromatic rings. The molecule has 0 bridgehead atoms. The van der Waals surface area contributed by atoms with Crippen LogP contribution in [0, 0.1) is 11.6 Å². The van der Waals surface area contributed by atoms with Gasteiger partial charge in [0.25, 0.3) is 0 Å². The molecule has 0 aromatic heterocycles. The van der Waals surface area contributed by atoms with Gasteiger partial charge in [-0.15, -0.1) is 0 Å². The molecule has 0 amide bonds. The quantitative estimate of drug-likeness (QED) is 0.661. The number of hydrogen-bond acceptors (Lipinski definition) is 3. The van der Waals surface area contributed by atoms with Crippen molar-refractivity contribution in [2.75, 3.05) is 12.6 Å². The first kappa shape index (κ1) is 16.1. The van der Waals surface area contributed by atoms with Crippen molar-refractivity contribution in [3.63, 3.8) is 0 Å². The van der Waals surface area contributed by atoms with E-state index in [0.717, 1.165) is 6.07 Å². The molecule has 3 nitrogen and oxygen atoms in total. The molecule has 2 aromatic carbocycles. The van der Waals surface area contributed by atoms with E-state index in [1.54, 1.807) is 32.0 Å². The second-order valence-electron chi connectivity index (χ2n) is 5.16. The van der Waals surface area contributed by atoms with Crippen molar-refractivity contribution in [2.45, 2.75) is 19.8 Å². The van der Waals surface area contributed by atoms with Crippen LogP contribution in [-0.2, 0) is 4.84 Å². The molecule has 0 fully saturated rings. The summed E-state index contributed by atoms with van der Waals surface area (Å²) < 4.78 is 28.6. The molecule has 0 aliphatic rings. The SMILES string of the molecule is CONc1ccccc1C(=O)c1c(F)ccc(C(C)C)c1F. The van der Waals surface area contributed by atoms with Gasteiger partial charge in [0.2, 0.25) is 5.78 Å². The molecule has 0 saturated heterocycles. The van der Waals surface area contributed by atoms with Crippen molar-refractivity contribution in [3.8, 4) is 0 Å². The van der Waals surface area contributed by atoms with Crippen LogP contribution >= 0.6 is 0 Å². The Hall–Kier alpha value is -2.27. The number of hydrogen-bond donors (Lipinski definition) is 1. The van der Waals surface area contributed by atoms with E-state index >= 15 is 0 Å². The smallest absolute Gasteiger partial charge is 0.201 e. The van der Waals surface area contributed by atoms with Gasteiger partial charge in [0.15, 0.2) is 0 Å². The Balaban J connectivity index is 2.57. The highest BCUT2D eigenvalue weighted by Crippen LogP contribution is 2.27. The van der Waals surface area contributed by atoms with E-state index in [1.807, 2.05) is 0 Å². The molecule has 0 saturated carbocycles. The van der Waals surface area contributed by atoms with Crippen LogP contribution in [0.2, 0.25) is 0 Å². The fourth-order valence-corrected chi connectivity index (χ4v) is 2.24. The van der Waals surface area contributed by atoms with Crippen molar-refractivity contribution < 1.29 is 18.4 Å². The lowest BCUT2D eigenvalue weighted by molar-refractivity contribution is 0.103. The van der Waals surface area contributed by atoms with Gasteiger partial charge in [-0.3, -0.25) is 15.1 Å². The molecule has 2 rings (SSSR count). The Morgan fingerprint density at radius 2 is 1.82 bits per heavy atom. The van der Waals surface area contributed by atoms with Gasteiger partial charge in [-0.25, -0.2) is 8.78 Å². The summed E-state index contributed by atoms with van der Waals surface area (Å²) in [5.74, 6) is -2.57. The predicted molar refractivity (Wildman–Crippen MR) is 81.0 cm³/mol. The van der Waals surface area contributed by atoms with Gasteiger partial charge in [0.05, 0.1) is 18.4 Å². The second-order valence-corrected chi connectivity index (χ2v) is 5.16. The summed E-state index contributed by atoms with van der Waals surface area (Å²) in [5.41, 5.74) is 2.79. The molecule has 22 heavy (non-hydrogen) atoms. The topological polar surface area (TPSA) is 38.3 Å². The Morgan fingerprint density at radius 1 is 1.14 bits per heavy atom. The maximum atomic E-state index is 14.5. The average Bonchev–Trinajstić information content (AvgIpc) is 2.47. The Bertz CT molecular complexity index is 699. The lowest BCUT2D eigenvalue weighted by Gasteiger charge is -2.13. The first-order valence-corrected chi connectivity index (χ1v) is 6.88. The molecular weight excluding hydrogens is 288 g/mol. The summed E-state index contributed by atoms with van der Waals surface area (Å²) in [5, 5.41) is 0. The van der Waals surface area contributed by atoms with Crippen LogP contribution < -0.4 is 5.48 Å².